The summed E-state index contributed by atoms with van der Waals surface area (Å²) < 4.78 is 0. The summed E-state index contributed by atoms with van der Waals surface area (Å²) in [5.41, 5.74) is 17.1. The summed E-state index contributed by atoms with van der Waals surface area (Å²) in [6, 6.07) is 11.6. The maximum atomic E-state index is 11.0. The van der Waals surface area contributed by atoms with Gasteiger partial charge in [-0.15, -0.1) is 0 Å². The molecule has 1 aliphatic heterocycles. The molecule has 2 aromatic rings. The fourth-order valence-electron chi connectivity index (χ4n) is 3.15. The molecular formula is C17H19N3O2. The number of likely N-dealkylation sites (N-methyl/N-ethyl adjacent to an activating group) is 1. The third kappa shape index (κ3) is 2.57. The third-order valence-corrected chi connectivity index (χ3v) is 4.11. The van der Waals surface area contributed by atoms with E-state index in [2.05, 4.69) is 11.0 Å². The third-order valence-electron chi connectivity index (χ3n) is 4.11. The highest BCUT2D eigenvalue weighted by atomic mass is 16.4. The Morgan fingerprint density at radius 2 is 1.86 bits per heavy atom. The molecule has 1 heterocycles. The van der Waals surface area contributed by atoms with Gasteiger partial charge in [0.05, 0.1) is 6.42 Å². The molecule has 0 bridgehead atoms. The van der Waals surface area contributed by atoms with Gasteiger partial charge in [-0.3, -0.25) is 4.79 Å². The van der Waals surface area contributed by atoms with Gasteiger partial charge in [0.1, 0.15) is 0 Å². The van der Waals surface area contributed by atoms with Crippen molar-refractivity contribution in [1.82, 2.24) is 0 Å². The predicted molar refractivity (Wildman–Crippen MR) is 89.0 cm³/mol. The minimum Gasteiger partial charge on any atom is -0.481 e. The largest absolute Gasteiger partial charge is 0.481 e. The highest BCUT2D eigenvalue weighted by molar-refractivity contribution is 5.78. The maximum Gasteiger partial charge on any atom is 0.304 e. The van der Waals surface area contributed by atoms with Gasteiger partial charge in [-0.05, 0) is 41.0 Å². The minimum absolute atomic E-state index is 0.0393. The topological polar surface area (TPSA) is 92.6 Å². The van der Waals surface area contributed by atoms with Crippen molar-refractivity contribution < 1.29 is 9.90 Å². The molecule has 1 aliphatic rings. The molecule has 114 valence electrons. The second kappa shape index (κ2) is 5.26. The van der Waals surface area contributed by atoms with Crippen molar-refractivity contribution in [1.29, 1.82) is 0 Å². The molecule has 0 amide bonds. The van der Waals surface area contributed by atoms with Crippen molar-refractivity contribution in [3.05, 3.63) is 42.0 Å². The molecule has 0 radical (unpaired) electrons. The molecule has 0 aliphatic carbocycles. The minimum atomic E-state index is -0.765. The Hall–Kier alpha value is -2.69. The first-order chi connectivity index (χ1) is 10.4. The summed E-state index contributed by atoms with van der Waals surface area (Å²) >= 11 is 0. The molecule has 5 N–H and O–H groups in total. The van der Waals surface area contributed by atoms with Gasteiger partial charge in [0.2, 0.25) is 0 Å². The van der Waals surface area contributed by atoms with Gasteiger partial charge < -0.3 is 21.5 Å². The fourth-order valence-corrected chi connectivity index (χ4v) is 3.15. The summed E-state index contributed by atoms with van der Waals surface area (Å²) in [7, 11) is 1.98. The zero-order valence-corrected chi connectivity index (χ0v) is 12.4. The summed E-state index contributed by atoms with van der Waals surface area (Å²) in [4.78, 5) is 13.1. The van der Waals surface area contributed by atoms with E-state index in [0.29, 0.717) is 11.4 Å². The highest BCUT2D eigenvalue weighted by Crippen LogP contribution is 2.40. The molecule has 1 atom stereocenters. The molecular weight excluding hydrogens is 278 g/mol. The van der Waals surface area contributed by atoms with E-state index in [9.17, 15) is 4.79 Å². The van der Waals surface area contributed by atoms with Gasteiger partial charge >= 0.3 is 5.97 Å². The van der Waals surface area contributed by atoms with E-state index >= 15 is 0 Å². The monoisotopic (exact) mass is 297 g/mol. The van der Waals surface area contributed by atoms with Crippen LogP contribution >= 0.6 is 0 Å². The quantitative estimate of drug-likeness (QED) is 0.757. The lowest BCUT2D eigenvalue weighted by Crippen LogP contribution is -2.16. The van der Waals surface area contributed by atoms with Gasteiger partial charge in [0, 0.05) is 36.6 Å². The molecule has 5 nitrogen and oxygen atoms in total. The molecule has 0 saturated heterocycles. The first-order valence-electron chi connectivity index (χ1n) is 7.17. The average Bonchev–Trinajstić information content (AvgIpc) is 2.73. The van der Waals surface area contributed by atoms with Crippen LogP contribution in [-0.4, -0.2) is 24.7 Å². The van der Waals surface area contributed by atoms with Gasteiger partial charge in [0.15, 0.2) is 0 Å². The maximum absolute atomic E-state index is 11.0. The SMILES string of the molecule is CN1CC(CC(=O)O)c2ccc(-c3cc(N)cc(N)c3)cc21. The number of benzene rings is 2. The normalized spacial score (nSPS) is 16.6. The Morgan fingerprint density at radius 3 is 2.50 bits per heavy atom. The number of hydrogen-bond acceptors (Lipinski definition) is 4. The standard InChI is InChI=1S/C17H19N3O2/c1-20-9-12(7-17(21)22)15-3-2-10(6-16(15)20)11-4-13(18)8-14(19)5-11/h2-6,8,12H,7,9,18-19H2,1H3,(H,21,22). The summed E-state index contributed by atoms with van der Waals surface area (Å²) in [5, 5.41) is 9.03. The Kier molecular flexibility index (Phi) is 3.41. The fraction of sp³-hybridized carbons (Fsp3) is 0.235. The molecule has 0 saturated carbocycles. The van der Waals surface area contributed by atoms with Crippen LogP contribution in [0.1, 0.15) is 17.9 Å². The van der Waals surface area contributed by atoms with E-state index in [1.54, 1.807) is 6.07 Å². The van der Waals surface area contributed by atoms with Crippen molar-refractivity contribution in [2.75, 3.05) is 30.0 Å². The van der Waals surface area contributed by atoms with Crippen LogP contribution in [0.25, 0.3) is 11.1 Å². The van der Waals surface area contributed by atoms with E-state index in [0.717, 1.165) is 28.9 Å². The molecule has 22 heavy (non-hydrogen) atoms. The number of carbonyl (C=O) groups is 1. The van der Waals surface area contributed by atoms with Crippen LogP contribution < -0.4 is 16.4 Å². The molecule has 0 spiro atoms. The van der Waals surface area contributed by atoms with Gasteiger partial charge in [0.25, 0.3) is 0 Å². The van der Waals surface area contributed by atoms with E-state index in [1.165, 1.54) is 0 Å². The summed E-state index contributed by atoms with van der Waals surface area (Å²) in [6.45, 7) is 0.726. The molecule has 1 unspecified atom stereocenters. The molecule has 0 aromatic heterocycles. The van der Waals surface area contributed by atoms with Crippen molar-refractivity contribution in [3.8, 4) is 11.1 Å². The molecule has 0 fully saturated rings. The Morgan fingerprint density at radius 1 is 1.18 bits per heavy atom. The lowest BCUT2D eigenvalue weighted by molar-refractivity contribution is -0.137. The van der Waals surface area contributed by atoms with Crippen LogP contribution in [0.5, 0.6) is 0 Å². The lowest BCUT2D eigenvalue weighted by atomic mass is 9.95. The number of aliphatic carboxylic acids is 1. The number of nitrogens with two attached hydrogens (primary N) is 2. The number of anilines is 3. The first-order valence-corrected chi connectivity index (χ1v) is 7.17. The van der Waals surface area contributed by atoms with Gasteiger partial charge in [-0.1, -0.05) is 12.1 Å². The van der Waals surface area contributed by atoms with Gasteiger partial charge in [-0.25, -0.2) is 0 Å². The Labute approximate surface area is 129 Å². The Bertz CT molecular complexity index is 722. The number of carboxylic acids is 1. The Balaban J connectivity index is 2.01. The lowest BCUT2D eigenvalue weighted by Gasteiger charge is -2.13. The van der Waals surface area contributed by atoms with Crippen molar-refractivity contribution >= 4 is 23.0 Å². The zero-order valence-electron chi connectivity index (χ0n) is 12.4. The second-order valence-corrected chi connectivity index (χ2v) is 5.84. The van der Waals surface area contributed by atoms with E-state index in [1.807, 2.05) is 31.3 Å². The summed E-state index contributed by atoms with van der Waals surface area (Å²) in [5.74, 6) is -0.726. The highest BCUT2D eigenvalue weighted by Gasteiger charge is 2.28. The smallest absolute Gasteiger partial charge is 0.304 e. The van der Waals surface area contributed by atoms with Crippen molar-refractivity contribution in [3.63, 3.8) is 0 Å². The average molecular weight is 297 g/mol. The molecule has 2 aromatic carbocycles. The van der Waals surface area contributed by atoms with E-state index < -0.39 is 5.97 Å². The number of hydrogen-bond donors (Lipinski definition) is 3. The molecule has 3 rings (SSSR count). The van der Waals surface area contributed by atoms with E-state index in [4.69, 9.17) is 16.6 Å². The number of fused-ring (bicyclic) bond motifs is 1. The van der Waals surface area contributed by atoms with Crippen LogP contribution in [0, 0.1) is 0 Å². The van der Waals surface area contributed by atoms with Crippen LogP contribution in [0.15, 0.2) is 36.4 Å². The number of nitrogen functional groups attached to an aromatic ring is 2. The van der Waals surface area contributed by atoms with Crippen LogP contribution in [0.4, 0.5) is 17.1 Å². The second-order valence-electron chi connectivity index (χ2n) is 5.84. The first kappa shape index (κ1) is 14.3. The predicted octanol–water partition coefficient (Wildman–Crippen LogP) is 2.53. The van der Waals surface area contributed by atoms with Crippen molar-refractivity contribution in [2.45, 2.75) is 12.3 Å². The van der Waals surface area contributed by atoms with Crippen molar-refractivity contribution in [2.24, 2.45) is 0 Å². The van der Waals surface area contributed by atoms with Crippen LogP contribution in [-0.2, 0) is 4.79 Å². The summed E-state index contributed by atoms with van der Waals surface area (Å²) in [6.07, 6.45) is 0.155. The number of carboxylic acid groups (broad SMARTS) is 1. The van der Waals surface area contributed by atoms with E-state index in [-0.39, 0.29) is 12.3 Å². The van der Waals surface area contributed by atoms with Gasteiger partial charge in [-0.2, -0.15) is 0 Å². The number of nitrogens with zero attached hydrogens (tertiary/aromatic N) is 1. The zero-order chi connectivity index (χ0) is 15.9. The number of rotatable bonds is 3. The van der Waals surface area contributed by atoms with Crippen LogP contribution in [0.2, 0.25) is 0 Å². The van der Waals surface area contributed by atoms with Crippen LogP contribution in [0.3, 0.4) is 0 Å². The molecule has 5 heteroatoms.